The third-order valence-corrected chi connectivity index (χ3v) is 1.86. The highest BCUT2D eigenvalue weighted by atomic mass is 16.5. The molecule has 78 valence electrons. The molecule has 15 heavy (non-hydrogen) atoms. The molecule has 1 rings (SSSR count). The van der Waals surface area contributed by atoms with Crippen LogP contribution < -0.4 is 0 Å². The van der Waals surface area contributed by atoms with Crippen LogP contribution in [-0.4, -0.2) is 17.6 Å². The molecule has 4 nitrogen and oxygen atoms in total. The van der Waals surface area contributed by atoms with Gasteiger partial charge in [0, 0.05) is 5.69 Å². The van der Waals surface area contributed by atoms with Crippen LogP contribution in [0.1, 0.15) is 24.2 Å². The zero-order chi connectivity index (χ0) is 11.3. The molecule has 0 aromatic carbocycles. The fourth-order valence-electron chi connectivity index (χ4n) is 1.19. The van der Waals surface area contributed by atoms with Crippen molar-refractivity contribution in [2.24, 2.45) is 0 Å². The molecule has 0 N–H and O–H groups in total. The molecule has 4 heteroatoms. The first-order valence-electron chi connectivity index (χ1n) is 4.68. The number of aromatic nitrogens is 1. The van der Waals surface area contributed by atoms with Crippen molar-refractivity contribution in [2.75, 3.05) is 6.61 Å². The average molecular weight is 204 g/mol. The van der Waals surface area contributed by atoms with Crippen LogP contribution in [0.3, 0.4) is 0 Å². The molecule has 0 saturated heterocycles. The predicted molar refractivity (Wildman–Crippen MR) is 54.0 cm³/mol. The smallest absolute Gasteiger partial charge is 0.329 e. The van der Waals surface area contributed by atoms with E-state index in [-0.39, 0.29) is 6.61 Å². The second kappa shape index (κ2) is 5.11. The Morgan fingerprint density at radius 2 is 2.40 bits per heavy atom. The Morgan fingerprint density at radius 1 is 1.67 bits per heavy atom. The highest BCUT2D eigenvalue weighted by molar-refractivity contribution is 5.80. The molecule has 0 fully saturated rings. The van der Waals surface area contributed by atoms with Gasteiger partial charge in [-0.15, -0.1) is 0 Å². The van der Waals surface area contributed by atoms with Gasteiger partial charge in [-0.05, 0) is 26.0 Å². The van der Waals surface area contributed by atoms with E-state index in [1.165, 1.54) is 0 Å². The lowest BCUT2D eigenvalue weighted by atomic mass is 10.1. The lowest BCUT2D eigenvalue weighted by molar-refractivity contribution is -0.143. The Labute approximate surface area is 88.5 Å². The number of nitrogens with zero attached hydrogens (tertiary/aromatic N) is 2. The maximum atomic E-state index is 11.4. The summed E-state index contributed by atoms with van der Waals surface area (Å²) in [7, 11) is 0. The van der Waals surface area contributed by atoms with Gasteiger partial charge in [0.25, 0.3) is 0 Å². The summed E-state index contributed by atoms with van der Waals surface area (Å²) >= 11 is 0. The minimum atomic E-state index is -0.926. The lowest BCUT2D eigenvalue weighted by Crippen LogP contribution is -2.15. The van der Waals surface area contributed by atoms with E-state index >= 15 is 0 Å². The van der Waals surface area contributed by atoms with E-state index in [9.17, 15) is 4.79 Å². The molecular formula is C11H12N2O2. The van der Waals surface area contributed by atoms with Gasteiger partial charge in [-0.2, -0.15) is 5.26 Å². The van der Waals surface area contributed by atoms with Crippen molar-refractivity contribution in [1.29, 1.82) is 5.26 Å². The van der Waals surface area contributed by atoms with Crippen molar-refractivity contribution in [1.82, 2.24) is 4.98 Å². The fraction of sp³-hybridized carbons (Fsp3) is 0.364. The largest absolute Gasteiger partial charge is 0.465 e. The molecule has 0 aliphatic heterocycles. The molecule has 1 heterocycles. The lowest BCUT2D eigenvalue weighted by Gasteiger charge is -2.07. The number of rotatable bonds is 3. The van der Waals surface area contributed by atoms with Crippen LogP contribution in [-0.2, 0) is 9.53 Å². The molecule has 0 amide bonds. The number of carbonyl (C=O) groups excluding carboxylic acids is 1. The van der Waals surface area contributed by atoms with Crippen LogP contribution in [0.15, 0.2) is 18.2 Å². The van der Waals surface area contributed by atoms with Gasteiger partial charge in [-0.1, -0.05) is 6.07 Å². The molecule has 1 aromatic rings. The van der Waals surface area contributed by atoms with E-state index in [1.807, 2.05) is 19.1 Å². The van der Waals surface area contributed by atoms with Gasteiger partial charge in [0.1, 0.15) is 0 Å². The first kappa shape index (κ1) is 11.2. The minimum absolute atomic E-state index is 0.267. The second-order valence-corrected chi connectivity index (χ2v) is 3.02. The topological polar surface area (TPSA) is 63.0 Å². The average Bonchev–Trinajstić information content (AvgIpc) is 2.19. The van der Waals surface area contributed by atoms with Crippen LogP contribution in [0.25, 0.3) is 0 Å². The van der Waals surface area contributed by atoms with Crippen LogP contribution in [0, 0.1) is 18.3 Å². The Hall–Kier alpha value is -1.89. The van der Waals surface area contributed by atoms with Crippen molar-refractivity contribution in [3.05, 3.63) is 29.6 Å². The highest BCUT2D eigenvalue weighted by Crippen LogP contribution is 2.14. The molecule has 0 bridgehead atoms. The summed E-state index contributed by atoms with van der Waals surface area (Å²) in [4.78, 5) is 15.5. The summed E-state index contributed by atoms with van der Waals surface area (Å²) in [5, 5.41) is 8.88. The molecule has 0 aliphatic rings. The zero-order valence-corrected chi connectivity index (χ0v) is 8.73. The molecule has 0 spiro atoms. The first-order chi connectivity index (χ1) is 7.19. The Balaban J connectivity index is 2.93. The summed E-state index contributed by atoms with van der Waals surface area (Å²) in [6, 6.07) is 7.12. The fourth-order valence-corrected chi connectivity index (χ4v) is 1.19. The number of hydrogen-bond acceptors (Lipinski definition) is 4. The van der Waals surface area contributed by atoms with Gasteiger partial charge in [0.15, 0.2) is 5.92 Å². The third kappa shape index (κ3) is 2.78. The number of pyridine rings is 1. The van der Waals surface area contributed by atoms with Gasteiger partial charge >= 0.3 is 5.97 Å². The summed E-state index contributed by atoms with van der Waals surface area (Å²) < 4.78 is 4.79. The number of ether oxygens (including phenoxy) is 1. The van der Waals surface area contributed by atoms with E-state index in [1.54, 1.807) is 19.1 Å². The van der Waals surface area contributed by atoms with Crippen molar-refractivity contribution in [3.63, 3.8) is 0 Å². The van der Waals surface area contributed by atoms with Gasteiger partial charge in [0.2, 0.25) is 0 Å². The molecule has 0 aliphatic carbocycles. The number of hydrogen-bond donors (Lipinski definition) is 0. The van der Waals surface area contributed by atoms with Crippen molar-refractivity contribution in [2.45, 2.75) is 19.8 Å². The van der Waals surface area contributed by atoms with Crippen LogP contribution in [0.2, 0.25) is 0 Å². The van der Waals surface area contributed by atoms with E-state index in [4.69, 9.17) is 10.00 Å². The van der Waals surface area contributed by atoms with Gasteiger partial charge in [-0.25, -0.2) is 0 Å². The van der Waals surface area contributed by atoms with E-state index in [0.29, 0.717) is 5.69 Å². The molecular weight excluding hydrogens is 192 g/mol. The van der Waals surface area contributed by atoms with Crippen molar-refractivity contribution in [3.8, 4) is 6.07 Å². The third-order valence-electron chi connectivity index (χ3n) is 1.86. The molecule has 0 saturated carbocycles. The first-order valence-corrected chi connectivity index (χ1v) is 4.68. The summed E-state index contributed by atoms with van der Waals surface area (Å²) in [5.74, 6) is -1.47. The number of carbonyl (C=O) groups is 1. The zero-order valence-electron chi connectivity index (χ0n) is 8.73. The van der Waals surface area contributed by atoms with Crippen molar-refractivity contribution >= 4 is 5.97 Å². The second-order valence-electron chi connectivity index (χ2n) is 3.02. The van der Waals surface area contributed by atoms with Crippen LogP contribution in [0.4, 0.5) is 0 Å². The summed E-state index contributed by atoms with van der Waals surface area (Å²) in [6.07, 6.45) is 0. The van der Waals surface area contributed by atoms with E-state index in [0.717, 1.165) is 5.69 Å². The predicted octanol–water partition coefficient (Wildman–Crippen LogP) is 1.56. The Morgan fingerprint density at radius 3 is 2.93 bits per heavy atom. The molecule has 1 atom stereocenters. The maximum Gasteiger partial charge on any atom is 0.329 e. The van der Waals surface area contributed by atoms with Gasteiger partial charge < -0.3 is 4.74 Å². The number of esters is 1. The molecule has 0 unspecified atom stereocenters. The Kier molecular flexibility index (Phi) is 3.81. The summed E-state index contributed by atoms with van der Waals surface area (Å²) in [6.45, 7) is 3.78. The van der Waals surface area contributed by atoms with E-state index in [2.05, 4.69) is 4.98 Å². The Bertz CT molecular complexity index is 396. The van der Waals surface area contributed by atoms with Gasteiger partial charge in [-0.3, -0.25) is 9.78 Å². The SMILES string of the molecule is CCOC(=O)[C@H](C#N)c1cccc(C)n1. The van der Waals surface area contributed by atoms with Crippen LogP contribution in [0.5, 0.6) is 0 Å². The van der Waals surface area contributed by atoms with Gasteiger partial charge in [0.05, 0.1) is 18.4 Å². The van der Waals surface area contributed by atoms with Crippen molar-refractivity contribution < 1.29 is 9.53 Å². The molecule has 1 aromatic heterocycles. The minimum Gasteiger partial charge on any atom is -0.465 e. The van der Waals surface area contributed by atoms with Crippen LogP contribution >= 0.6 is 0 Å². The number of nitriles is 1. The monoisotopic (exact) mass is 204 g/mol. The highest BCUT2D eigenvalue weighted by Gasteiger charge is 2.22. The maximum absolute atomic E-state index is 11.4. The van der Waals surface area contributed by atoms with E-state index < -0.39 is 11.9 Å². The normalized spacial score (nSPS) is 11.5. The number of aryl methyl sites for hydroxylation is 1. The molecule has 0 radical (unpaired) electrons. The quantitative estimate of drug-likeness (QED) is 0.701. The summed E-state index contributed by atoms with van der Waals surface area (Å²) in [5.41, 5.74) is 1.22. The standard InChI is InChI=1S/C11H12N2O2/c1-3-15-11(14)9(7-12)10-6-4-5-8(2)13-10/h4-6,9H,3H2,1-2H3/t9-/m1/s1.